The highest BCUT2D eigenvalue weighted by atomic mass is 19.1. The zero-order valence-electron chi connectivity index (χ0n) is 16.2. The highest BCUT2D eigenvalue weighted by Gasteiger charge is 2.19. The van der Waals surface area contributed by atoms with Crippen LogP contribution in [0.25, 0.3) is 16.9 Å². The lowest BCUT2D eigenvalue weighted by atomic mass is 10.1. The molecule has 0 saturated carbocycles. The van der Waals surface area contributed by atoms with Gasteiger partial charge in [-0.1, -0.05) is 30.3 Å². The molecule has 0 radical (unpaired) electrons. The number of amides is 1. The number of hydrogen-bond donors (Lipinski definition) is 1. The van der Waals surface area contributed by atoms with Gasteiger partial charge in [-0.05, 0) is 67.4 Å². The van der Waals surface area contributed by atoms with Crippen molar-refractivity contribution >= 4 is 11.6 Å². The predicted octanol–water partition coefficient (Wildman–Crippen LogP) is 5.55. The van der Waals surface area contributed by atoms with Crippen molar-refractivity contribution in [3.8, 4) is 16.9 Å². The maximum absolute atomic E-state index is 13.4. The molecular weight excluding hydrogens is 365 g/mol. The fraction of sp³-hybridized carbons (Fsp3) is 0.0833. The van der Waals surface area contributed by atoms with Crippen LogP contribution in [0.3, 0.4) is 0 Å². The molecular formula is C24H20FN3O. The highest BCUT2D eigenvalue weighted by Crippen LogP contribution is 2.26. The van der Waals surface area contributed by atoms with Crippen molar-refractivity contribution in [3.05, 3.63) is 102 Å². The minimum Gasteiger partial charge on any atom is -0.322 e. The molecule has 5 heteroatoms. The lowest BCUT2D eigenvalue weighted by Gasteiger charge is -2.10. The standard InChI is InChI=1S/C24H20FN3O/c1-16-7-6-10-22(17(16)2)26-24(29)21-15-28(20-8-4-3-5-9-20)27-23(21)18-11-13-19(25)14-12-18/h3-15H,1-2H3,(H,26,29). The van der Waals surface area contributed by atoms with Gasteiger partial charge in [0.05, 0.1) is 11.3 Å². The van der Waals surface area contributed by atoms with Gasteiger partial charge in [-0.3, -0.25) is 4.79 Å². The van der Waals surface area contributed by atoms with Gasteiger partial charge in [0.15, 0.2) is 0 Å². The maximum atomic E-state index is 13.4. The van der Waals surface area contributed by atoms with Crippen molar-refractivity contribution in [1.29, 1.82) is 0 Å². The van der Waals surface area contributed by atoms with Gasteiger partial charge in [-0.25, -0.2) is 9.07 Å². The van der Waals surface area contributed by atoms with Crippen LogP contribution in [-0.4, -0.2) is 15.7 Å². The van der Waals surface area contributed by atoms with Crippen LogP contribution in [0, 0.1) is 19.7 Å². The Bertz CT molecular complexity index is 1160. The van der Waals surface area contributed by atoms with E-state index in [0.29, 0.717) is 16.8 Å². The molecule has 4 rings (SSSR count). The topological polar surface area (TPSA) is 46.9 Å². The summed E-state index contributed by atoms with van der Waals surface area (Å²) in [5, 5.41) is 7.60. The molecule has 1 heterocycles. The average molecular weight is 385 g/mol. The van der Waals surface area contributed by atoms with Crippen LogP contribution in [-0.2, 0) is 0 Å². The number of carbonyl (C=O) groups excluding carboxylic acids is 1. The Balaban J connectivity index is 1.78. The van der Waals surface area contributed by atoms with E-state index in [1.54, 1.807) is 23.0 Å². The van der Waals surface area contributed by atoms with Crippen LogP contribution >= 0.6 is 0 Å². The Morgan fingerprint density at radius 2 is 1.66 bits per heavy atom. The monoisotopic (exact) mass is 385 g/mol. The number of nitrogens with zero attached hydrogens (tertiary/aromatic N) is 2. The summed E-state index contributed by atoms with van der Waals surface area (Å²) in [6.45, 7) is 3.97. The first kappa shape index (κ1) is 18.6. The SMILES string of the molecule is Cc1cccc(NC(=O)c2cn(-c3ccccc3)nc2-c2ccc(F)cc2)c1C. The number of benzene rings is 3. The third-order valence-corrected chi connectivity index (χ3v) is 4.95. The van der Waals surface area contributed by atoms with Crippen LogP contribution in [0.1, 0.15) is 21.5 Å². The fourth-order valence-corrected chi connectivity index (χ4v) is 3.15. The Morgan fingerprint density at radius 3 is 2.38 bits per heavy atom. The maximum Gasteiger partial charge on any atom is 0.259 e. The molecule has 0 aliphatic carbocycles. The van der Waals surface area contributed by atoms with Crippen molar-refractivity contribution in [2.24, 2.45) is 0 Å². The molecule has 4 aromatic rings. The smallest absolute Gasteiger partial charge is 0.259 e. The average Bonchev–Trinajstić information content (AvgIpc) is 3.18. The van der Waals surface area contributed by atoms with Crippen molar-refractivity contribution in [1.82, 2.24) is 9.78 Å². The first-order valence-corrected chi connectivity index (χ1v) is 9.31. The van der Waals surface area contributed by atoms with Crippen molar-refractivity contribution in [2.75, 3.05) is 5.32 Å². The minimum atomic E-state index is -0.336. The summed E-state index contributed by atoms with van der Waals surface area (Å²) in [7, 11) is 0. The molecule has 29 heavy (non-hydrogen) atoms. The van der Waals surface area contributed by atoms with Crippen molar-refractivity contribution < 1.29 is 9.18 Å². The lowest BCUT2D eigenvalue weighted by molar-refractivity contribution is 0.102. The molecule has 1 N–H and O–H groups in total. The van der Waals surface area contributed by atoms with Crippen molar-refractivity contribution in [2.45, 2.75) is 13.8 Å². The predicted molar refractivity (Wildman–Crippen MR) is 113 cm³/mol. The summed E-state index contributed by atoms with van der Waals surface area (Å²) in [5.41, 5.74) is 5.29. The van der Waals surface area contributed by atoms with Crippen LogP contribution in [0.4, 0.5) is 10.1 Å². The van der Waals surface area contributed by atoms with Crippen LogP contribution < -0.4 is 5.32 Å². The summed E-state index contributed by atoms with van der Waals surface area (Å²) in [5.74, 6) is -0.599. The van der Waals surface area contributed by atoms with Crippen LogP contribution in [0.5, 0.6) is 0 Å². The van der Waals surface area contributed by atoms with Crippen LogP contribution in [0.15, 0.2) is 79.0 Å². The molecule has 0 fully saturated rings. The Morgan fingerprint density at radius 1 is 0.931 bits per heavy atom. The summed E-state index contributed by atoms with van der Waals surface area (Å²) >= 11 is 0. The third kappa shape index (κ3) is 3.80. The number of hydrogen-bond acceptors (Lipinski definition) is 2. The minimum absolute atomic E-state index is 0.264. The van der Waals surface area contributed by atoms with E-state index in [1.807, 2.05) is 62.4 Å². The van der Waals surface area contributed by atoms with E-state index in [2.05, 4.69) is 10.4 Å². The molecule has 0 bridgehead atoms. The molecule has 4 nitrogen and oxygen atoms in total. The fourth-order valence-electron chi connectivity index (χ4n) is 3.15. The second kappa shape index (κ2) is 7.72. The lowest BCUT2D eigenvalue weighted by Crippen LogP contribution is -2.13. The Hall–Kier alpha value is -3.73. The van der Waals surface area contributed by atoms with Gasteiger partial charge in [-0.15, -0.1) is 0 Å². The number of halogens is 1. The van der Waals surface area contributed by atoms with E-state index in [1.165, 1.54) is 12.1 Å². The Kier molecular flexibility index (Phi) is 4.96. The number of para-hydroxylation sites is 1. The number of nitrogens with one attached hydrogen (secondary N) is 1. The van der Waals surface area contributed by atoms with E-state index in [0.717, 1.165) is 22.5 Å². The van der Waals surface area contributed by atoms with E-state index >= 15 is 0 Å². The number of rotatable bonds is 4. The zero-order chi connectivity index (χ0) is 20.4. The second-order valence-corrected chi connectivity index (χ2v) is 6.88. The molecule has 0 atom stereocenters. The number of carbonyl (C=O) groups is 1. The van der Waals surface area contributed by atoms with E-state index in [-0.39, 0.29) is 11.7 Å². The van der Waals surface area contributed by atoms with Gasteiger partial charge in [0, 0.05) is 17.4 Å². The number of aryl methyl sites for hydroxylation is 1. The van der Waals surface area contributed by atoms with Gasteiger partial charge in [-0.2, -0.15) is 5.10 Å². The largest absolute Gasteiger partial charge is 0.322 e. The highest BCUT2D eigenvalue weighted by molar-refractivity contribution is 6.08. The van der Waals surface area contributed by atoms with Gasteiger partial charge < -0.3 is 5.32 Å². The third-order valence-electron chi connectivity index (χ3n) is 4.95. The second-order valence-electron chi connectivity index (χ2n) is 6.88. The first-order chi connectivity index (χ1) is 14.0. The van der Waals surface area contributed by atoms with E-state index in [4.69, 9.17) is 0 Å². The van der Waals surface area contributed by atoms with Crippen molar-refractivity contribution in [3.63, 3.8) is 0 Å². The summed E-state index contributed by atoms with van der Waals surface area (Å²) < 4.78 is 15.1. The molecule has 144 valence electrons. The molecule has 1 amide bonds. The number of anilines is 1. The van der Waals surface area contributed by atoms with E-state index in [9.17, 15) is 9.18 Å². The summed E-state index contributed by atoms with van der Waals surface area (Å²) in [6, 6.07) is 21.3. The summed E-state index contributed by atoms with van der Waals surface area (Å²) in [6.07, 6.45) is 1.70. The molecule has 0 aliphatic rings. The quantitative estimate of drug-likeness (QED) is 0.501. The van der Waals surface area contributed by atoms with Crippen LogP contribution in [0.2, 0.25) is 0 Å². The molecule has 1 aromatic heterocycles. The molecule has 3 aromatic carbocycles. The molecule has 0 unspecified atom stereocenters. The van der Waals surface area contributed by atoms with E-state index < -0.39 is 0 Å². The Labute approximate surface area is 168 Å². The molecule has 0 spiro atoms. The normalized spacial score (nSPS) is 10.7. The molecule has 0 aliphatic heterocycles. The van der Waals surface area contributed by atoms with Gasteiger partial charge in [0.25, 0.3) is 5.91 Å². The number of aromatic nitrogens is 2. The van der Waals surface area contributed by atoms with Gasteiger partial charge in [0.1, 0.15) is 11.5 Å². The first-order valence-electron chi connectivity index (χ1n) is 9.31. The summed E-state index contributed by atoms with van der Waals surface area (Å²) in [4.78, 5) is 13.1. The molecule has 0 saturated heterocycles. The van der Waals surface area contributed by atoms with Gasteiger partial charge >= 0.3 is 0 Å². The zero-order valence-corrected chi connectivity index (χ0v) is 16.2. The van der Waals surface area contributed by atoms with Gasteiger partial charge in [0.2, 0.25) is 0 Å².